The molecular weight excluding hydrogens is 273 g/mol. The van der Waals surface area contributed by atoms with Gasteiger partial charge in [0.2, 0.25) is 0 Å². The van der Waals surface area contributed by atoms with Crippen LogP contribution in [0.2, 0.25) is 0 Å². The number of nitrogens with two attached hydrogens (primary N) is 1. The Bertz CT molecular complexity index is 608. The number of benzene rings is 1. The van der Waals surface area contributed by atoms with Crippen LogP contribution in [-0.2, 0) is 17.9 Å². The van der Waals surface area contributed by atoms with Crippen LogP contribution in [0.15, 0.2) is 30.3 Å². The van der Waals surface area contributed by atoms with Gasteiger partial charge in [0.15, 0.2) is 5.82 Å². The van der Waals surface area contributed by atoms with Crippen molar-refractivity contribution >= 4 is 11.6 Å². The lowest BCUT2D eigenvalue weighted by Gasteiger charge is -2.19. The van der Waals surface area contributed by atoms with Crippen molar-refractivity contribution in [2.45, 2.75) is 13.2 Å². The van der Waals surface area contributed by atoms with Gasteiger partial charge >= 0.3 is 0 Å². The molecule has 0 saturated carbocycles. The molecule has 0 bridgehead atoms. The van der Waals surface area contributed by atoms with Crippen molar-refractivity contribution in [1.82, 2.24) is 9.97 Å². The summed E-state index contributed by atoms with van der Waals surface area (Å²) in [4.78, 5) is 10.4. The van der Waals surface area contributed by atoms with Crippen LogP contribution in [0.25, 0.3) is 0 Å². The quantitative estimate of drug-likeness (QED) is 0.623. The number of hydrogen-bond donors (Lipinski definition) is 2. The van der Waals surface area contributed by atoms with E-state index in [0.29, 0.717) is 29.6 Å². The molecular formula is C14H18FN5O. The van der Waals surface area contributed by atoms with Crippen molar-refractivity contribution < 1.29 is 9.13 Å². The van der Waals surface area contributed by atoms with E-state index in [9.17, 15) is 4.39 Å². The first-order valence-electron chi connectivity index (χ1n) is 6.42. The van der Waals surface area contributed by atoms with Crippen LogP contribution in [0, 0.1) is 5.82 Å². The lowest BCUT2D eigenvalue weighted by Crippen LogP contribution is -2.20. The number of nitrogens with zero attached hydrogens (tertiary/aromatic N) is 3. The van der Waals surface area contributed by atoms with Crippen molar-refractivity contribution in [2.24, 2.45) is 5.84 Å². The van der Waals surface area contributed by atoms with Gasteiger partial charge < -0.3 is 15.1 Å². The fraction of sp³-hybridized carbons (Fsp3) is 0.286. The van der Waals surface area contributed by atoms with E-state index in [4.69, 9.17) is 10.6 Å². The van der Waals surface area contributed by atoms with Crippen LogP contribution in [0.3, 0.4) is 0 Å². The van der Waals surface area contributed by atoms with E-state index in [1.54, 1.807) is 31.4 Å². The topological polar surface area (TPSA) is 76.3 Å². The molecule has 1 aromatic carbocycles. The normalized spacial score (nSPS) is 10.5. The number of ether oxygens (including phenoxy) is 1. The Morgan fingerprint density at radius 2 is 2.10 bits per heavy atom. The van der Waals surface area contributed by atoms with Crippen LogP contribution in [-0.4, -0.2) is 24.1 Å². The van der Waals surface area contributed by atoms with Crippen LogP contribution in [0.1, 0.15) is 11.4 Å². The molecule has 3 N–H and O–H groups in total. The lowest BCUT2D eigenvalue weighted by molar-refractivity contribution is 0.178. The minimum atomic E-state index is -0.243. The van der Waals surface area contributed by atoms with Crippen LogP contribution in [0.4, 0.5) is 16.0 Å². The highest BCUT2D eigenvalue weighted by Crippen LogP contribution is 2.18. The SMILES string of the molecule is COCc1nc(NN)cc(N(C)Cc2ccccc2F)n1. The summed E-state index contributed by atoms with van der Waals surface area (Å²) in [5.74, 6) is 6.77. The molecule has 0 unspecified atom stereocenters. The molecule has 2 aromatic rings. The van der Waals surface area contributed by atoms with Gasteiger partial charge in [-0.2, -0.15) is 0 Å². The first-order chi connectivity index (χ1) is 10.1. The van der Waals surface area contributed by atoms with Crippen LogP contribution < -0.4 is 16.2 Å². The van der Waals surface area contributed by atoms with Crippen LogP contribution >= 0.6 is 0 Å². The molecule has 0 spiro atoms. The monoisotopic (exact) mass is 291 g/mol. The summed E-state index contributed by atoms with van der Waals surface area (Å²) in [6.45, 7) is 0.663. The van der Waals surface area contributed by atoms with E-state index in [-0.39, 0.29) is 12.4 Å². The molecule has 0 fully saturated rings. The highest BCUT2D eigenvalue weighted by molar-refractivity contribution is 5.48. The second-order valence-electron chi connectivity index (χ2n) is 4.55. The van der Waals surface area contributed by atoms with Crippen molar-refractivity contribution in [3.8, 4) is 0 Å². The third-order valence-corrected chi connectivity index (χ3v) is 2.94. The third-order valence-electron chi connectivity index (χ3n) is 2.94. The van der Waals surface area contributed by atoms with Gasteiger partial charge in [0.1, 0.15) is 24.1 Å². The van der Waals surface area contributed by atoms with Gasteiger partial charge in [-0.15, -0.1) is 0 Å². The molecule has 112 valence electrons. The molecule has 0 atom stereocenters. The molecule has 1 heterocycles. The number of methoxy groups -OCH3 is 1. The fourth-order valence-electron chi connectivity index (χ4n) is 1.91. The molecule has 0 aliphatic heterocycles. The Hall–Kier alpha value is -2.25. The van der Waals surface area contributed by atoms with E-state index < -0.39 is 0 Å². The molecule has 2 rings (SSSR count). The summed E-state index contributed by atoms with van der Waals surface area (Å²) < 4.78 is 18.7. The van der Waals surface area contributed by atoms with Gasteiger partial charge in [0.25, 0.3) is 0 Å². The summed E-state index contributed by atoms with van der Waals surface area (Å²) >= 11 is 0. The van der Waals surface area contributed by atoms with Crippen molar-refractivity contribution in [1.29, 1.82) is 0 Å². The van der Waals surface area contributed by atoms with E-state index in [1.165, 1.54) is 6.07 Å². The number of halogens is 1. The van der Waals surface area contributed by atoms with Crippen molar-refractivity contribution in [2.75, 3.05) is 24.5 Å². The third kappa shape index (κ3) is 3.87. The Kier molecular flexibility index (Phi) is 5.02. The number of anilines is 2. The Morgan fingerprint density at radius 3 is 2.76 bits per heavy atom. The fourth-order valence-corrected chi connectivity index (χ4v) is 1.91. The van der Waals surface area contributed by atoms with Gasteiger partial charge in [-0.25, -0.2) is 20.2 Å². The zero-order chi connectivity index (χ0) is 15.2. The predicted molar refractivity (Wildman–Crippen MR) is 79.1 cm³/mol. The standard InChI is InChI=1S/C14H18FN5O/c1-20(8-10-5-3-4-6-11(10)15)14-7-12(19-16)17-13(18-14)9-21-2/h3-7H,8-9,16H2,1-2H3,(H,17,18,19). The highest BCUT2D eigenvalue weighted by Gasteiger charge is 2.10. The zero-order valence-electron chi connectivity index (χ0n) is 12.0. The number of hydrazine groups is 1. The maximum Gasteiger partial charge on any atom is 0.158 e. The highest BCUT2D eigenvalue weighted by atomic mass is 19.1. The molecule has 0 aliphatic rings. The number of aromatic nitrogens is 2. The minimum Gasteiger partial charge on any atom is -0.377 e. The summed E-state index contributed by atoms with van der Waals surface area (Å²) in [7, 11) is 3.39. The molecule has 21 heavy (non-hydrogen) atoms. The van der Waals surface area contributed by atoms with Gasteiger partial charge in [-0.1, -0.05) is 18.2 Å². The number of rotatable bonds is 6. The van der Waals surface area contributed by atoms with Gasteiger partial charge in [0.05, 0.1) is 0 Å². The zero-order valence-corrected chi connectivity index (χ0v) is 12.0. The van der Waals surface area contributed by atoms with E-state index >= 15 is 0 Å². The molecule has 7 heteroatoms. The molecule has 0 amide bonds. The Labute approximate surface area is 122 Å². The van der Waals surface area contributed by atoms with Crippen molar-refractivity contribution in [3.05, 3.63) is 47.5 Å². The number of nitrogens with one attached hydrogen (secondary N) is 1. The number of nitrogen functional groups attached to an aromatic ring is 1. The predicted octanol–water partition coefficient (Wildman–Crippen LogP) is 1.68. The summed E-state index contributed by atoms with van der Waals surface area (Å²) in [6, 6.07) is 8.34. The first kappa shape index (κ1) is 15.1. The molecule has 0 saturated heterocycles. The minimum absolute atomic E-state index is 0.243. The van der Waals surface area contributed by atoms with Crippen LogP contribution in [0.5, 0.6) is 0 Å². The van der Waals surface area contributed by atoms with Gasteiger partial charge in [0, 0.05) is 32.3 Å². The molecule has 1 aromatic heterocycles. The summed E-state index contributed by atoms with van der Waals surface area (Å²) in [5.41, 5.74) is 3.08. The lowest BCUT2D eigenvalue weighted by atomic mass is 10.2. The second-order valence-corrected chi connectivity index (χ2v) is 4.55. The number of hydrogen-bond acceptors (Lipinski definition) is 6. The molecule has 0 radical (unpaired) electrons. The van der Waals surface area contributed by atoms with Gasteiger partial charge in [-0.05, 0) is 6.07 Å². The van der Waals surface area contributed by atoms with E-state index in [0.717, 1.165) is 0 Å². The van der Waals surface area contributed by atoms with Crippen molar-refractivity contribution in [3.63, 3.8) is 0 Å². The van der Waals surface area contributed by atoms with E-state index in [1.807, 2.05) is 11.9 Å². The average Bonchev–Trinajstić information content (AvgIpc) is 2.49. The smallest absolute Gasteiger partial charge is 0.158 e. The summed E-state index contributed by atoms with van der Waals surface area (Å²) in [5, 5.41) is 0. The largest absolute Gasteiger partial charge is 0.377 e. The first-order valence-corrected chi connectivity index (χ1v) is 6.42. The Morgan fingerprint density at radius 1 is 1.33 bits per heavy atom. The average molecular weight is 291 g/mol. The maximum atomic E-state index is 13.7. The summed E-state index contributed by atoms with van der Waals surface area (Å²) in [6.07, 6.45) is 0. The molecule has 0 aliphatic carbocycles. The second kappa shape index (κ2) is 6.96. The van der Waals surface area contributed by atoms with E-state index in [2.05, 4.69) is 15.4 Å². The maximum absolute atomic E-state index is 13.7. The molecule has 6 nitrogen and oxygen atoms in total. The van der Waals surface area contributed by atoms with Gasteiger partial charge in [-0.3, -0.25) is 0 Å². The Balaban J connectivity index is 2.23.